The minimum absolute atomic E-state index is 0.216. The molecule has 0 aliphatic heterocycles. The highest BCUT2D eigenvalue weighted by molar-refractivity contribution is 6.01. The van der Waals surface area contributed by atoms with Crippen LogP contribution in [0.15, 0.2) is 23.2 Å². The third-order valence-electron chi connectivity index (χ3n) is 2.13. The Hall–Kier alpha value is -1.66. The van der Waals surface area contributed by atoms with Crippen molar-refractivity contribution in [1.29, 1.82) is 0 Å². The summed E-state index contributed by atoms with van der Waals surface area (Å²) in [7, 11) is 3.02. The highest BCUT2D eigenvalue weighted by atomic mass is 19.1. The molecule has 0 saturated heterocycles. The first-order valence-electron chi connectivity index (χ1n) is 5.07. The molecule has 0 unspecified atom stereocenters. The van der Waals surface area contributed by atoms with Gasteiger partial charge < -0.3 is 14.9 Å². The number of hydrogen-bond donors (Lipinski definition) is 2. The van der Waals surface area contributed by atoms with Gasteiger partial charge in [0.05, 0.1) is 25.8 Å². The molecule has 1 rings (SSSR count). The second-order valence-corrected chi connectivity index (χ2v) is 3.18. The van der Waals surface area contributed by atoms with Crippen LogP contribution in [0.5, 0.6) is 5.75 Å². The predicted molar refractivity (Wildman–Crippen MR) is 63.6 cm³/mol. The summed E-state index contributed by atoms with van der Waals surface area (Å²) in [5.74, 6) is 5.50. The van der Waals surface area contributed by atoms with Crippen LogP contribution in [0.4, 0.5) is 4.39 Å². The Labute approximate surface area is 99.4 Å². The van der Waals surface area contributed by atoms with Gasteiger partial charge >= 0.3 is 0 Å². The van der Waals surface area contributed by atoms with E-state index in [2.05, 4.69) is 10.4 Å². The maximum atomic E-state index is 13.7. The van der Waals surface area contributed by atoms with Crippen molar-refractivity contribution in [2.45, 2.75) is 0 Å². The zero-order valence-corrected chi connectivity index (χ0v) is 9.87. The summed E-state index contributed by atoms with van der Waals surface area (Å²) in [4.78, 5) is 4.11. The first-order valence-corrected chi connectivity index (χ1v) is 5.07. The van der Waals surface area contributed by atoms with Crippen molar-refractivity contribution in [3.8, 4) is 5.75 Å². The number of ether oxygens (including phenoxy) is 2. The first-order chi connectivity index (χ1) is 8.24. The predicted octanol–water partition coefficient (Wildman–Crippen LogP) is 0.691. The summed E-state index contributed by atoms with van der Waals surface area (Å²) in [6.07, 6.45) is 0. The van der Waals surface area contributed by atoms with Gasteiger partial charge in [-0.25, -0.2) is 10.2 Å². The molecule has 0 fully saturated rings. The Morgan fingerprint density at radius 2 is 2.24 bits per heavy atom. The largest absolute Gasteiger partial charge is 0.496 e. The van der Waals surface area contributed by atoms with Gasteiger partial charge in [0.1, 0.15) is 17.4 Å². The molecule has 5 nitrogen and oxygen atoms in total. The van der Waals surface area contributed by atoms with E-state index in [0.29, 0.717) is 18.9 Å². The van der Waals surface area contributed by atoms with E-state index in [9.17, 15) is 4.39 Å². The van der Waals surface area contributed by atoms with E-state index >= 15 is 0 Å². The monoisotopic (exact) mass is 241 g/mol. The third kappa shape index (κ3) is 3.40. The number of nitrogens with two attached hydrogens (primary N) is 1. The van der Waals surface area contributed by atoms with Gasteiger partial charge in [0, 0.05) is 7.11 Å². The number of nitrogens with zero attached hydrogens (tertiary/aromatic N) is 1. The Morgan fingerprint density at radius 3 is 2.82 bits per heavy atom. The molecule has 0 radical (unpaired) electrons. The van der Waals surface area contributed by atoms with Gasteiger partial charge in [0.2, 0.25) is 0 Å². The van der Waals surface area contributed by atoms with Crippen molar-refractivity contribution in [3.63, 3.8) is 0 Å². The fourth-order valence-electron chi connectivity index (χ4n) is 1.35. The lowest BCUT2D eigenvalue weighted by Crippen LogP contribution is -2.32. The number of benzene rings is 1. The Balaban J connectivity index is 3.06. The molecule has 0 bridgehead atoms. The smallest absolute Gasteiger partial charge is 0.149 e. The molecule has 0 atom stereocenters. The van der Waals surface area contributed by atoms with E-state index in [1.807, 2.05) is 0 Å². The van der Waals surface area contributed by atoms with Crippen molar-refractivity contribution >= 4 is 5.84 Å². The second kappa shape index (κ2) is 6.82. The molecule has 0 aliphatic rings. The Morgan fingerprint density at radius 1 is 1.47 bits per heavy atom. The average molecular weight is 241 g/mol. The van der Waals surface area contributed by atoms with Crippen LogP contribution in [0.2, 0.25) is 0 Å². The highest BCUT2D eigenvalue weighted by Crippen LogP contribution is 2.21. The van der Waals surface area contributed by atoms with Crippen molar-refractivity contribution in [2.75, 3.05) is 27.4 Å². The normalized spacial score (nSPS) is 11.4. The van der Waals surface area contributed by atoms with Gasteiger partial charge in [-0.1, -0.05) is 6.07 Å². The molecular formula is C11H16FN3O2. The minimum atomic E-state index is -0.446. The topological polar surface area (TPSA) is 68.9 Å². The van der Waals surface area contributed by atoms with Crippen LogP contribution in [0.25, 0.3) is 0 Å². The van der Waals surface area contributed by atoms with Gasteiger partial charge in [-0.15, -0.1) is 0 Å². The number of nitrogens with one attached hydrogen (secondary N) is 1. The molecule has 3 N–H and O–H groups in total. The van der Waals surface area contributed by atoms with Crippen molar-refractivity contribution in [2.24, 2.45) is 10.8 Å². The Kier molecular flexibility index (Phi) is 5.38. The van der Waals surface area contributed by atoms with Crippen LogP contribution in [-0.4, -0.2) is 33.2 Å². The van der Waals surface area contributed by atoms with Gasteiger partial charge in [-0.3, -0.25) is 4.99 Å². The molecule has 6 heteroatoms. The van der Waals surface area contributed by atoms with Crippen LogP contribution < -0.4 is 16.0 Å². The third-order valence-corrected chi connectivity index (χ3v) is 2.13. The van der Waals surface area contributed by atoms with E-state index in [0.717, 1.165) is 0 Å². The number of rotatable bonds is 5. The summed E-state index contributed by atoms with van der Waals surface area (Å²) >= 11 is 0. The van der Waals surface area contributed by atoms with Crippen LogP contribution in [-0.2, 0) is 4.74 Å². The molecule has 1 aromatic rings. The summed E-state index contributed by atoms with van der Waals surface area (Å²) in [5, 5.41) is 0. The molecule has 0 aromatic heterocycles. The first kappa shape index (κ1) is 13.4. The van der Waals surface area contributed by atoms with E-state index in [-0.39, 0.29) is 11.4 Å². The van der Waals surface area contributed by atoms with Gasteiger partial charge in [0.25, 0.3) is 0 Å². The maximum absolute atomic E-state index is 13.7. The molecule has 0 saturated carbocycles. The van der Waals surface area contributed by atoms with E-state index in [1.165, 1.54) is 13.2 Å². The average Bonchev–Trinajstić information content (AvgIpc) is 2.35. The van der Waals surface area contributed by atoms with Crippen molar-refractivity contribution in [1.82, 2.24) is 5.43 Å². The fraction of sp³-hybridized carbons (Fsp3) is 0.364. The molecule has 0 spiro atoms. The highest BCUT2D eigenvalue weighted by Gasteiger charge is 2.14. The van der Waals surface area contributed by atoms with Crippen LogP contribution in [0.1, 0.15) is 5.56 Å². The fourth-order valence-corrected chi connectivity index (χ4v) is 1.35. The summed E-state index contributed by atoms with van der Waals surface area (Å²) in [6, 6.07) is 4.52. The summed E-state index contributed by atoms with van der Waals surface area (Å²) < 4.78 is 23.6. The number of hydrogen-bond acceptors (Lipinski definition) is 4. The van der Waals surface area contributed by atoms with E-state index < -0.39 is 5.82 Å². The van der Waals surface area contributed by atoms with E-state index in [1.54, 1.807) is 19.2 Å². The number of halogens is 1. The molecule has 0 amide bonds. The molecular weight excluding hydrogens is 225 g/mol. The van der Waals surface area contributed by atoms with Crippen molar-refractivity contribution < 1.29 is 13.9 Å². The zero-order valence-electron chi connectivity index (χ0n) is 9.87. The summed E-state index contributed by atoms with van der Waals surface area (Å²) in [6.45, 7) is 0.815. The lowest BCUT2D eigenvalue weighted by atomic mass is 10.1. The van der Waals surface area contributed by atoms with E-state index in [4.69, 9.17) is 15.3 Å². The van der Waals surface area contributed by atoms with Gasteiger partial charge in [-0.2, -0.15) is 0 Å². The van der Waals surface area contributed by atoms with Gasteiger partial charge in [-0.05, 0) is 12.1 Å². The molecule has 17 heavy (non-hydrogen) atoms. The SMILES string of the molecule is COCCN=C(NN)c1c(F)cccc1OC. The van der Waals surface area contributed by atoms with Crippen LogP contribution in [0.3, 0.4) is 0 Å². The van der Waals surface area contributed by atoms with Gasteiger partial charge in [0.15, 0.2) is 0 Å². The lowest BCUT2D eigenvalue weighted by Gasteiger charge is -2.11. The summed E-state index contributed by atoms with van der Waals surface area (Å²) in [5.41, 5.74) is 2.58. The lowest BCUT2D eigenvalue weighted by molar-refractivity contribution is 0.208. The number of hydrazine groups is 1. The number of methoxy groups -OCH3 is 2. The van der Waals surface area contributed by atoms with Crippen molar-refractivity contribution in [3.05, 3.63) is 29.6 Å². The zero-order chi connectivity index (χ0) is 12.7. The second-order valence-electron chi connectivity index (χ2n) is 3.18. The minimum Gasteiger partial charge on any atom is -0.496 e. The van der Waals surface area contributed by atoms with Crippen LogP contribution in [0, 0.1) is 5.82 Å². The molecule has 0 aliphatic carbocycles. The molecule has 1 aromatic carbocycles. The molecule has 0 heterocycles. The van der Waals surface area contributed by atoms with Crippen LogP contribution >= 0.6 is 0 Å². The number of amidine groups is 1. The maximum Gasteiger partial charge on any atom is 0.149 e. The standard InChI is InChI=1S/C11H16FN3O2/c1-16-7-6-14-11(15-13)10-8(12)4-3-5-9(10)17-2/h3-5H,6-7,13H2,1-2H3,(H,14,15). The quantitative estimate of drug-likeness (QED) is 0.262. The number of aliphatic imine (C=N–C) groups is 1. The molecule has 94 valence electrons. The Bertz CT molecular complexity index is 396.